The third-order valence-corrected chi connectivity index (χ3v) is 4.75. The summed E-state index contributed by atoms with van der Waals surface area (Å²) in [6, 6.07) is 0. The van der Waals surface area contributed by atoms with Crippen molar-refractivity contribution in [3.8, 4) is 0 Å². The molecule has 0 saturated carbocycles. The molecule has 1 aliphatic heterocycles. The largest absolute Gasteiger partial charge is 0.339 e. The summed E-state index contributed by atoms with van der Waals surface area (Å²) in [7, 11) is 1.61. The number of H-pyrrole nitrogens is 1. The molecule has 1 N–H and O–H groups in total. The number of aryl methyl sites for hydroxylation is 1. The second-order valence-corrected chi connectivity index (χ2v) is 7.13. The van der Waals surface area contributed by atoms with Gasteiger partial charge in [0.05, 0.1) is 0 Å². The number of carbonyl (C=O) groups is 1. The SMILES string of the molecule is CCC(=O)N1CCN(c2nc3c(c(=O)[nH]c(=O)n3C)n2CC(C)C)CC1. The molecule has 142 valence electrons. The lowest BCUT2D eigenvalue weighted by Gasteiger charge is -2.35. The molecule has 0 aromatic carbocycles. The molecule has 3 heterocycles. The first-order chi connectivity index (χ1) is 12.3. The van der Waals surface area contributed by atoms with E-state index in [0.717, 1.165) is 0 Å². The standard InChI is InChI=1S/C17H26N6O3/c1-5-12(24)21-6-8-22(9-7-21)16-18-14-13(23(16)10-11(2)3)15(25)19-17(26)20(14)4/h11H,5-10H2,1-4H3,(H,19,25,26). The van der Waals surface area contributed by atoms with Crippen molar-refractivity contribution in [3.63, 3.8) is 0 Å². The molecule has 0 bridgehead atoms. The van der Waals surface area contributed by atoms with Crippen LogP contribution in [0.1, 0.15) is 27.2 Å². The van der Waals surface area contributed by atoms with Crippen LogP contribution in [0.5, 0.6) is 0 Å². The average Bonchev–Trinajstić information content (AvgIpc) is 2.98. The topological polar surface area (TPSA) is 96.2 Å². The highest BCUT2D eigenvalue weighted by Crippen LogP contribution is 2.22. The van der Waals surface area contributed by atoms with Gasteiger partial charge in [-0.3, -0.25) is 19.1 Å². The number of carbonyl (C=O) groups excluding carboxylic acids is 1. The molecule has 0 radical (unpaired) electrons. The fourth-order valence-corrected chi connectivity index (χ4v) is 3.38. The zero-order valence-corrected chi connectivity index (χ0v) is 15.8. The van der Waals surface area contributed by atoms with Crippen molar-refractivity contribution in [1.29, 1.82) is 0 Å². The Morgan fingerprint density at radius 2 is 1.85 bits per heavy atom. The Bertz CT molecular complexity index is 930. The van der Waals surface area contributed by atoms with E-state index in [2.05, 4.69) is 28.7 Å². The molecule has 9 heteroatoms. The van der Waals surface area contributed by atoms with E-state index in [1.807, 2.05) is 16.4 Å². The number of hydrogen-bond acceptors (Lipinski definition) is 5. The first-order valence-corrected chi connectivity index (χ1v) is 9.05. The minimum absolute atomic E-state index is 0.152. The van der Waals surface area contributed by atoms with Crippen LogP contribution in [0.25, 0.3) is 11.2 Å². The molecule has 1 fully saturated rings. The van der Waals surface area contributed by atoms with E-state index in [1.54, 1.807) is 7.05 Å². The summed E-state index contributed by atoms with van der Waals surface area (Å²) in [6.45, 7) is 9.20. The van der Waals surface area contributed by atoms with Gasteiger partial charge in [0, 0.05) is 46.2 Å². The van der Waals surface area contributed by atoms with Crippen LogP contribution >= 0.6 is 0 Å². The number of fused-ring (bicyclic) bond motifs is 1. The van der Waals surface area contributed by atoms with Gasteiger partial charge < -0.3 is 14.4 Å². The molecular formula is C17H26N6O3. The Kier molecular flexibility index (Phi) is 4.88. The van der Waals surface area contributed by atoms with Gasteiger partial charge in [0.1, 0.15) is 0 Å². The monoisotopic (exact) mass is 362 g/mol. The van der Waals surface area contributed by atoms with E-state index in [-0.39, 0.29) is 5.91 Å². The third kappa shape index (κ3) is 3.13. The maximum atomic E-state index is 12.4. The number of imidazole rings is 1. The molecular weight excluding hydrogens is 336 g/mol. The zero-order chi connectivity index (χ0) is 19.0. The van der Waals surface area contributed by atoms with Crippen molar-refractivity contribution in [1.82, 2.24) is 24.0 Å². The van der Waals surface area contributed by atoms with E-state index < -0.39 is 11.2 Å². The maximum absolute atomic E-state index is 12.4. The van der Waals surface area contributed by atoms with Gasteiger partial charge in [-0.2, -0.15) is 4.98 Å². The zero-order valence-electron chi connectivity index (χ0n) is 15.8. The predicted molar refractivity (Wildman–Crippen MR) is 99.5 cm³/mol. The molecule has 0 atom stereocenters. The number of aromatic nitrogens is 4. The summed E-state index contributed by atoms with van der Waals surface area (Å²) in [4.78, 5) is 47.2. The molecule has 3 rings (SSSR count). The van der Waals surface area contributed by atoms with Crippen molar-refractivity contribution < 1.29 is 4.79 Å². The van der Waals surface area contributed by atoms with Crippen LogP contribution in [0.2, 0.25) is 0 Å². The second kappa shape index (κ2) is 6.97. The highest BCUT2D eigenvalue weighted by Gasteiger charge is 2.26. The van der Waals surface area contributed by atoms with E-state index in [4.69, 9.17) is 0 Å². The van der Waals surface area contributed by atoms with Crippen LogP contribution in [-0.2, 0) is 18.4 Å². The molecule has 0 unspecified atom stereocenters. The fourth-order valence-electron chi connectivity index (χ4n) is 3.38. The lowest BCUT2D eigenvalue weighted by atomic mass is 10.2. The third-order valence-electron chi connectivity index (χ3n) is 4.75. The van der Waals surface area contributed by atoms with Gasteiger partial charge in [0.2, 0.25) is 11.9 Å². The number of hydrogen-bond donors (Lipinski definition) is 1. The number of nitrogens with zero attached hydrogens (tertiary/aromatic N) is 5. The van der Waals surface area contributed by atoms with Crippen LogP contribution in [0.15, 0.2) is 9.59 Å². The van der Waals surface area contributed by atoms with Gasteiger partial charge in [-0.15, -0.1) is 0 Å². The summed E-state index contributed by atoms with van der Waals surface area (Å²) in [6.07, 6.45) is 0.503. The van der Waals surface area contributed by atoms with Crippen LogP contribution in [0.3, 0.4) is 0 Å². The lowest BCUT2D eigenvalue weighted by molar-refractivity contribution is -0.131. The van der Waals surface area contributed by atoms with Gasteiger partial charge in [-0.25, -0.2) is 4.79 Å². The average molecular weight is 362 g/mol. The van der Waals surface area contributed by atoms with Crippen LogP contribution in [-0.4, -0.2) is 56.1 Å². The normalized spacial score (nSPS) is 15.3. The highest BCUT2D eigenvalue weighted by atomic mass is 16.2. The molecule has 0 spiro atoms. The molecule has 1 saturated heterocycles. The van der Waals surface area contributed by atoms with Crippen LogP contribution in [0.4, 0.5) is 5.95 Å². The summed E-state index contributed by atoms with van der Waals surface area (Å²) in [5, 5.41) is 0. The first kappa shape index (κ1) is 18.2. The smallest absolute Gasteiger partial charge is 0.329 e. The summed E-state index contributed by atoms with van der Waals surface area (Å²) in [5.74, 6) is 1.15. The van der Waals surface area contributed by atoms with Gasteiger partial charge in [0.15, 0.2) is 11.2 Å². The molecule has 1 aliphatic rings. The predicted octanol–water partition coefficient (Wildman–Crippen LogP) is 0.138. The molecule has 2 aromatic heterocycles. The van der Waals surface area contributed by atoms with Gasteiger partial charge >= 0.3 is 5.69 Å². The van der Waals surface area contributed by atoms with E-state index in [0.29, 0.717) is 62.2 Å². The molecule has 9 nitrogen and oxygen atoms in total. The minimum atomic E-state index is -0.471. The molecule has 1 amide bonds. The van der Waals surface area contributed by atoms with Crippen LogP contribution in [0, 0.1) is 5.92 Å². The number of aromatic amines is 1. The minimum Gasteiger partial charge on any atom is -0.339 e. The number of amides is 1. The van der Waals surface area contributed by atoms with Crippen molar-refractivity contribution in [3.05, 3.63) is 20.8 Å². The Hall–Kier alpha value is -2.58. The first-order valence-electron chi connectivity index (χ1n) is 9.05. The maximum Gasteiger partial charge on any atom is 0.329 e. The number of rotatable bonds is 4. The molecule has 2 aromatic rings. The van der Waals surface area contributed by atoms with Crippen molar-refractivity contribution in [2.45, 2.75) is 33.7 Å². The van der Waals surface area contributed by atoms with Crippen LogP contribution < -0.4 is 16.1 Å². The number of nitrogens with one attached hydrogen (secondary N) is 1. The van der Waals surface area contributed by atoms with Crippen molar-refractivity contribution in [2.24, 2.45) is 13.0 Å². The summed E-state index contributed by atoms with van der Waals surface area (Å²) in [5.41, 5.74) is -0.0757. The van der Waals surface area contributed by atoms with E-state index in [1.165, 1.54) is 4.57 Å². The Balaban J connectivity index is 2.04. The summed E-state index contributed by atoms with van der Waals surface area (Å²) < 4.78 is 3.27. The van der Waals surface area contributed by atoms with E-state index in [9.17, 15) is 14.4 Å². The van der Waals surface area contributed by atoms with Crippen molar-refractivity contribution >= 4 is 23.0 Å². The Morgan fingerprint density at radius 1 is 1.19 bits per heavy atom. The van der Waals surface area contributed by atoms with E-state index >= 15 is 0 Å². The molecule has 26 heavy (non-hydrogen) atoms. The number of piperazine rings is 1. The van der Waals surface area contributed by atoms with Crippen molar-refractivity contribution in [2.75, 3.05) is 31.1 Å². The quantitative estimate of drug-likeness (QED) is 0.834. The fraction of sp³-hybridized carbons (Fsp3) is 0.647. The van der Waals surface area contributed by atoms with Gasteiger partial charge in [-0.1, -0.05) is 20.8 Å². The number of anilines is 1. The van der Waals surface area contributed by atoms with Gasteiger partial charge in [-0.05, 0) is 5.92 Å². The van der Waals surface area contributed by atoms with Gasteiger partial charge in [0.25, 0.3) is 5.56 Å². The Morgan fingerprint density at radius 3 is 2.42 bits per heavy atom. The molecule has 0 aliphatic carbocycles. The lowest BCUT2D eigenvalue weighted by Crippen LogP contribution is -2.49. The Labute approximate surface area is 151 Å². The second-order valence-electron chi connectivity index (χ2n) is 7.13. The highest BCUT2D eigenvalue weighted by molar-refractivity contribution is 5.76. The summed E-state index contributed by atoms with van der Waals surface area (Å²) >= 11 is 0.